The minimum Gasteiger partial charge on any atom is -0.476 e. The molecule has 5 aromatic rings. The van der Waals surface area contributed by atoms with Crippen molar-refractivity contribution in [2.24, 2.45) is 0 Å². The van der Waals surface area contributed by atoms with Crippen LogP contribution in [-0.2, 0) is 17.7 Å². The van der Waals surface area contributed by atoms with Gasteiger partial charge in [0.1, 0.15) is 17.0 Å². The topological polar surface area (TPSA) is 178 Å². The zero-order valence-electron chi connectivity index (χ0n) is 28.3. The second-order valence-electron chi connectivity index (χ2n) is 12.8. The lowest BCUT2D eigenvalue weighted by Gasteiger charge is -2.21. The van der Waals surface area contributed by atoms with Crippen molar-refractivity contribution in [3.8, 4) is 0 Å². The Kier molecular flexibility index (Phi) is 10.4. The number of amides is 2. The van der Waals surface area contributed by atoms with Gasteiger partial charge in [-0.15, -0.1) is 0 Å². The van der Waals surface area contributed by atoms with Crippen LogP contribution in [0.4, 0.5) is 14.5 Å². The number of aromatic nitrogens is 3. The van der Waals surface area contributed by atoms with Crippen molar-refractivity contribution in [3.63, 3.8) is 0 Å². The van der Waals surface area contributed by atoms with E-state index < -0.39 is 47.0 Å². The summed E-state index contributed by atoms with van der Waals surface area (Å²) >= 11 is 0. The Labute approximate surface area is 291 Å². The molecule has 14 heteroatoms. The van der Waals surface area contributed by atoms with E-state index in [1.807, 2.05) is 37.3 Å². The van der Waals surface area contributed by atoms with E-state index >= 15 is 0 Å². The second kappa shape index (κ2) is 14.7. The number of aromatic carboxylic acids is 1. The van der Waals surface area contributed by atoms with Crippen molar-refractivity contribution in [2.75, 3.05) is 5.73 Å². The Morgan fingerprint density at radius 3 is 2.31 bits per heavy atom. The highest BCUT2D eigenvalue weighted by molar-refractivity contribution is 5.99. The van der Waals surface area contributed by atoms with Gasteiger partial charge in [0.25, 0.3) is 11.8 Å². The molecule has 2 aromatic heterocycles. The first-order valence-corrected chi connectivity index (χ1v) is 15.9. The maximum atomic E-state index is 13.6. The van der Waals surface area contributed by atoms with Gasteiger partial charge in [0, 0.05) is 24.4 Å². The maximum Gasteiger partial charge on any atom is 0.356 e. The molecule has 0 spiro atoms. The minimum atomic E-state index is -1.35. The number of para-hydroxylation sites is 1. The number of carboxylic acids is 1. The standard InChI is InChI=1S/C31H29F2N5O6.C6H7N/c1-15-17-8-10-22(19(17)7-6-18(15)30(43)44-31(2,3)4)36-28(40)25-12-23(35-26-13-24(29(41)42)37-38(25)26)27(39)34-14-16-5-9-20(32)21(33)11-16;7-6-4-2-1-3-5-6/h5-7,9,11-13,22H,8,10,14H2,1-4H3,(H,34,39)(H,36,40)(H,41,42);1-5H,7H2/t22-;/m0./s1. The van der Waals surface area contributed by atoms with Crippen molar-refractivity contribution >= 4 is 35.1 Å². The van der Waals surface area contributed by atoms with E-state index in [1.54, 1.807) is 32.9 Å². The third-order valence-corrected chi connectivity index (χ3v) is 7.97. The molecule has 0 radical (unpaired) electrons. The van der Waals surface area contributed by atoms with Gasteiger partial charge in [0.15, 0.2) is 23.0 Å². The van der Waals surface area contributed by atoms with E-state index in [1.165, 1.54) is 12.1 Å². The monoisotopic (exact) mass is 698 g/mol. The van der Waals surface area contributed by atoms with Crippen LogP contribution in [0.3, 0.4) is 0 Å². The lowest BCUT2D eigenvalue weighted by Crippen LogP contribution is -2.31. The van der Waals surface area contributed by atoms with Crippen LogP contribution in [0.5, 0.6) is 0 Å². The summed E-state index contributed by atoms with van der Waals surface area (Å²) in [5.41, 5.74) is 7.96. The zero-order valence-corrected chi connectivity index (χ0v) is 28.3. The van der Waals surface area contributed by atoms with Crippen LogP contribution in [0.1, 0.15) is 97.3 Å². The molecule has 5 N–H and O–H groups in total. The molecule has 1 aliphatic carbocycles. The summed E-state index contributed by atoms with van der Waals surface area (Å²) in [6.07, 6.45) is 1.13. The van der Waals surface area contributed by atoms with E-state index in [9.17, 15) is 33.1 Å². The number of fused-ring (bicyclic) bond motifs is 2. The summed E-state index contributed by atoms with van der Waals surface area (Å²) in [5.74, 6) is -5.26. The second-order valence-corrected chi connectivity index (χ2v) is 12.8. The number of esters is 1. The van der Waals surface area contributed by atoms with E-state index in [2.05, 4.69) is 20.7 Å². The first kappa shape index (κ1) is 36.1. The summed E-state index contributed by atoms with van der Waals surface area (Å²) < 4.78 is 33.4. The average Bonchev–Trinajstić information content (AvgIpc) is 3.70. The molecule has 51 heavy (non-hydrogen) atoms. The van der Waals surface area contributed by atoms with Crippen molar-refractivity contribution in [1.82, 2.24) is 25.2 Å². The summed E-state index contributed by atoms with van der Waals surface area (Å²) in [5, 5.41) is 18.9. The van der Waals surface area contributed by atoms with Crippen LogP contribution in [0.25, 0.3) is 5.65 Å². The fourth-order valence-corrected chi connectivity index (χ4v) is 5.55. The number of nitrogens with two attached hydrogens (primary N) is 1. The molecule has 12 nitrogen and oxygen atoms in total. The number of hydrogen-bond acceptors (Lipinski definition) is 8. The average molecular weight is 699 g/mol. The Morgan fingerprint density at radius 1 is 0.961 bits per heavy atom. The van der Waals surface area contributed by atoms with Gasteiger partial charge in [-0.1, -0.05) is 30.3 Å². The number of rotatable bonds is 7. The Bertz CT molecular complexity index is 2150. The largest absolute Gasteiger partial charge is 0.476 e. The quantitative estimate of drug-likeness (QED) is 0.125. The molecule has 1 atom stereocenters. The first-order chi connectivity index (χ1) is 24.1. The third kappa shape index (κ3) is 8.52. The number of halogens is 2. The highest BCUT2D eigenvalue weighted by Gasteiger charge is 2.30. The summed E-state index contributed by atoms with van der Waals surface area (Å²) in [4.78, 5) is 55.1. The predicted molar refractivity (Wildman–Crippen MR) is 183 cm³/mol. The van der Waals surface area contributed by atoms with Crippen molar-refractivity contribution in [3.05, 3.63) is 129 Å². The van der Waals surface area contributed by atoms with Gasteiger partial charge >= 0.3 is 11.9 Å². The normalized spacial score (nSPS) is 13.5. The van der Waals surface area contributed by atoms with E-state index in [0.717, 1.165) is 45.1 Å². The number of carbonyl (C=O) groups is 4. The Morgan fingerprint density at radius 2 is 1.69 bits per heavy atom. The molecular formula is C37H36F2N6O6. The molecular weight excluding hydrogens is 662 g/mol. The van der Waals surface area contributed by atoms with Crippen LogP contribution in [0.2, 0.25) is 0 Å². The number of carboxylic acid groups (broad SMARTS) is 1. The van der Waals surface area contributed by atoms with E-state index in [-0.39, 0.29) is 29.3 Å². The minimum absolute atomic E-state index is 0.0577. The van der Waals surface area contributed by atoms with Gasteiger partial charge in [0.2, 0.25) is 0 Å². The number of hydrogen-bond donors (Lipinski definition) is 4. The van der Waals surface area contributed by atoms with Gasteiger partial charge in [-0.3, -0.25) is 9.59 Å². The Balaban J connectivity index is 0.000000643. The molecule has 6 rings (SSSR count). The van der Waals surface area contributed by atoms with Crippen LogP contribution >= 0.6 is 0 Å². The summed E-state index contributed by atoms with van der Waals surface area (Å²) in [7, 11) is 0. The van der Waals surface area contributed by atoms with Crippen LogP contribution in [-0.4, -0.2) is 49.1 Å². The van der Waals surface area contributed by atoms with Crippen molar-refractivity contribution in [1.29, 1.82) is 0 Å². The molecule has 0 saturated heterocycles. The van der Waals surface area contributed by atoms with E-state index in [0.29, 0.717) is 24.0 Å². The molecule has 0 unspecified atom stereocenters. The molecule has 2 heterocycles. The molecule has 1 aliphatic rings. The third-order valence-electron chi connectivity index (χ3n) is 7.97. The zero-order chi connectivity index (χ0) is 37.0. The molecule has 0 aliphatic heterocycles. The van der Waals surface area contributed by atoms with Gasteiger partial charge in [-0.25, -0.2) is 27.9 Å². The first-order valence-electron chi connectivity index (χ1n) is 15.9. The van der Waals surface area contributed by atoms with Gasteiger partial charge in [0.05, 0.1) is 11.6 Å². The van der Waals surface area contributed by atoms with Crippen molar-refractivity contribution < 1.29 is 37.8 Å². The lowest BCUT2D eigenvalue weighted by atomic mass is 9.97. The van der Waals surface area contributed by atoms with Crippen molar-refractivity contribution in [2.45, 2.75) is 58.7 Å². The maximum absolute atomic E-state index is 13.6. The smallest absolute Gasteiger partial charge is 0.356 e. The van der Waals surface area contributed by atoms with Gasteiger partial charge in [-0.2, -0.15) is 5.10 Å². The van der Waals surface area contributed by atoms with Crippen LogP contribution in [0.15, 0.2) is 72.8 Å². The molecule has 3 aromatic carbocycles. The number of nitrogens with one attached hydrogen (secondary N) is 2. The fourth-order valence-electron chi connectivity index (χ4n) is 5.55. The van der Waals surface area contributed by atoms with E-state index in [4.69, 9.17) is 10.5 Å². The summed E-state index contributed by atoms with van der Waals surface area (Å²) in [6.45, 7) is 7.03. The highest BCUT2D eigenvalue weighted by Crippen LogP contribution is 2.35. The molecule has 264 valence electrons. The summed E-state index contributed by atoms with van der Waals surface area (Å²) in [6, 6.07) is 18.0. The fraction of sp³-hybridized carbons (Fsp3) is 0.243. The number of ether oxygens (including phenoxy) is 1. The number of benzene rings is 3. The highest BCUT2D eigenvalue weighted by atomic mass is 19.2. The van der Waals surface area contributed by atoms with Gasteiger partial charge < -0.3 is 26.2 Å². The SMILES string of the molecule is Cc1c(C(=O)OC(C)(C)C)ccc2c1CC[C@@H]2NC(=O)c1cc(C(=O)NCc2ccc(F)c(F)c2)nc2cc(C(=O)O)nn12.Nc1ccccc1. The molecule has 2 amide bonds. The molecule has 0 bridgehead atoms. The molecule has 0 saturated carbocycles. The molecule has 0 fully saturated rings. The number of nitrogens with zero attached hydrogens (tertiary/aromatic N) is 3. The number of anilines is 1. The Hall–Kier alpha value is -6.18. The van der Waals surface area contributed by atoms with Crippen LogP contribution in [0, 0.1) is 18.6 Å². The number of nitrogen functional groups attached to an aromatic ring is 1. The lowest BCUT2D eigenvalue weighted by molar-refractivity contribution is 0.00681. The van der Waals surface area contributed by atoms with Crippen LogP contribution < -0.4 is 16.4 Å². The van der Waals surface area contributed by atoms with Gasteiger partial charge in [-0.05, 0) is 93.1 Å². The predicted octanol–water partition coefficient (Wildman–Crippen LogP) is 5.59. The number of carbonyl (C=O) groups excluding carboxylic acids is 3.